The normalized spacial score (nSPS) is 40.3. The van der Waals surface area contributed by atoms with Crippen molar-refractivity contribution in [1.82, 2.24) is 4.90 Å². The molecular formula is C13H23N. The van der Waals surface area contributed by atoms with Gasteiger partial charge in [-0.05, 0) is 38.0 Å². The lowest BCUT2D eigenvalue weighted by Gasteiger charge is -2.35. The van der Waals surface area contributed by atoms with Gasteiger partial charge in [-0.3, -0.25) is 4.90 Å². The summed E-state index contributed by atoms with van der Waals surface area (Å²) in [5.74, 6) is 1.08. The van der Waals surface area contributed by atoms with Crippen molar-refractivity contribution in [3.05, 3.63) is 0 Å². The Bertz CT molecular complexity index is 195. The molecular weight excluding hydrogens is 170 g/mol. The molecule has 1 nitrogen and oxygen atoms in total. The van der Waals surface area contributed by atoms with Crippen LogP contribution < -0.4 is 0 Å². The van der Waals surface area contributed by atoms with E-state index in [0.717, 1.165) is 18.0 Å². The molecule has 2 atom stereocenters. The largest absolute Gasteiger partial charge is 0.297 e. The number of hydrogen-bond donors (Lipinski definition) is 0. The van der Waals surface area contributed by atoms with Gasteiger partial charge in [0.1, 0.15) is 0 Å². The van der Waals surface area contributed by atoms with Crippen molar-refractivity contribution < 1.29 is 0 Å². The van der Waals surface area contributed by atoms with Crippen molar-refractivity contribution in [3.8, 4) is 0 Å². The minimum atomic E-state index is 0.983. The third-order valence-electron chi connectivity index (χ3n) is 4.74. The van der Waals surface area contributed by atoms with Crippen LogP contribution in [0.2, 0.25) is 0 Å². The average Bonchev–Trinajstić information content (AvgIpc) is 2.55. The highest BCUT2D eigenvalue weighted by atomic mass is 15.2. The first-order valence-corrected chi connectivity index (χ1v) is 6.69. The zero-order chi connectivity index (χ0) is 9.38. The first-order chi connectivity index (χ1) is 6.93. The van der Waals surface area contributed by atoms with Crippen LogP contribution in [-0.4, -0.2) is 23.5 Å². The minimum absolute atomic E-state index is 0.983. The predicted molar refractivity (Wildman–Crippen MR) is 59.3 cm³/mol. The van der Waals surface area contributed by atoms with Crippen molar-refractivity contribution >= 4 is 0 Å². The van der Waals surface area contributed by atoms with E-state index in [1.54, 1.807) is 0 Å². The second kappa shape index (κ2) is 3.84. The fraction of sp³-hybridized carbons (Fsp3) is 1.00. The van der Waals surface area contributed by atoms with Crippen LogP contribution in [-0.2, 0) is 0 Å². The smallest absolute Gasteiger partial charge is 0.0101 e. The first-order valence-electron chi connectivity index (χ1n) is 6.69. The molecule has 2 bridgehead atoms. The summed E-state index contributed by atoms with van der Waals surface area (Å²) in [5, 5.41) is 0. The number of nitrogens with zero attached hydrogens (tertiary/aromatic N) is 1. The summed E-state index contributed by atoms with van der Waals surface area (Å²) in [6.45, 7) is 1.45. The van der Waals surface area contributed by atoms with E-state index in [9.17, 15) is 0 Å². The molecule has 1 heteroatoms. The summed E-state index contributed by atoms with van der Waals surface area (Å²) in [6, 6.07) is 1.98. The number of fused-ring (bicyclic) bond motifs is 2. The molecule has 0 amide bonds. The molecule has 3 fully saturated rings. The van der Waals surface area contributed by atoms with E-state index in [0.29, 0.717) is 0 Å². The van der Waals surface area contributed by atoms with Crippen molar-refractivity contribution in [2.75, 3.05) is 6.54 Å². The number of likely N-dealkylation sites (tertiary alicyclic amines) is 1. The van der Waals surface area contributed by atoms with Gasteiger partial charge in [0.15, 0.2) is 0 Å². The van der Waals surface area contributed by atoms with Gasteiger partial charge in [0, 0.05) is 18.6 Å². The molecule has 80 valence electrons. The van der Waals surface area contributed by atoms with Gasteiger partial charge >= 0.3 is 0 Å². The Kier molecular flexibility index (Phi) is 2.53. The molecule has 0 aromatic heterocycles. The highest BCUT2D eigenvalue weighted by Crippen LogP contribution is 2.39. The van der Waals surface area contributed by atoms with Gasteiger partial charge in [-0.1, -0.05) is 25.7 Å². The van der Waals surface area contributed by atoms with Crippen LogP contribution in [0.25, 0.3) is 0 Å². The maximum atomic E-state index is 2.90. The van der Waals surface area contributed by atoms with Gasteiger partial charge in [0.25, 0.3) is 0 Å². The summed E-state index contributed by atoms with van der Waals surface area (Å²) in [6.07, 6.45) is 13.6. The van der Waals surface area contributed by atoms with E-state index in [2.05, 4.69) is 4.90 Å². The van der Waals surface area contributed by atoms with Gasteiger partial charge in [-0.25, -0.2) is 0 Å². The van der Waals surface area contributed by atoms with E-state index in [4.69, 9.17) is 0 Å². The second-order valence-electron chi connectivity index (χ2n) is 5.68. The van der Waals surface area contributed by atoms with Crippen molar-refractivity contribution in [2.24, 2.45) is 5.92 Å². The third kappa shape index (κ3) is 1.60. The SMILES string of the molecule is C1CCC(N2CC3CCCC2C3)CC1. The Morgan fingerprint density at radius 3 is 2.29 bits per heavy atom. The standard InChI is InChI=1S/C13H23N/c1-2-6-12(7-3-1)14-10-11-5-4-8-13(14)9-11/h11-13H,1-10H2. The molecule has 0 spiro atoms. The molecule has 2 saturated carbocycles. The maximum Gasteiger partial charge on any atom is 0.0101 e. The number of hydrogen-bond acceptors (Lipinski definition) is 1. The predicted octanol–water partition coefficient (Wildman–Crippen LogP) is 3.19. The van der Waals surface area contributed by atoms with Crippen molar-refractivity contribution in [3.63, 3.8) is 0 Å². The summed E-state index contributed by atoms with van der Waals surface area (Å²) >= 11 is 0. The molecule has 1 heterocycles. The van der Waals surface area contributed by atoms with Crippen molar-refractivity contribution in [2.45, 2.75) is 69.9 Å². The lowest BCUT2D eigenvalue weighted by molar-refractivity contribution is 0.139. The summed E-state index contributed by atoms with van der Waals surface area (Å²) in [5.41, 5.74) is 0. The molecule has 2 unspecified atom stereocenters. The molecule has 14 heavy (non-hydrogen) atoms. The number of rotatable bonds is 1. The Balaban J connectivity index is 1.66. The molecule has 1 aliphatic heterocycles. The molecule has 1 saturated heterocycles. The van der Waals surface area contributed by atoms with Gasteiger partial charge < -0.3 is 0 Å². The molecule has 0 aromatic rings. The van der Waals surface area contributed by atoms with E-state index < -0.39 is 0 Å². The van der Waals surface area contributed by atoms with Crippen LogP contribution in [0.5, 0.6) is 0 Å². The summed E-state index contributed by atoms with van der Waals surface area (Å²) in [7, 11) is 0. The van der Waals surface area contributed by atoms with E-state index in [1.807, 2.05) is 0 Å². The Morgan fingerprint density at radius 1 is 0.714 bits per heavy atom. The first kappa shape index (κ1) is 9.21. The Labute approximate surface area is 87.9 Å². The van der Waals surface area contributed by atoms with E-state index >= 15 is 0 Å². The highest BCUT2D eigenvalue weighted by Gasteiger charge is 2.38. The Hall–Kier alpha value is -0.0400. The summed E-state index contributed by atoms with van der Waals surface area (Å²) < 4.78 is 0. The van der Waals surface area contributed by atoms with Crippen LogP contribution in [0.3, 0.4) is 0 Å². The van der Waals surface area contributed by atoms with Crippen LogP contribution in [0.15, 0.2) is 0 Å². The topological polar surface area (TPSA) is 3.24 Å². The van der Waals surface area contributed by atoms with Gasteiger partial charge in [-0.15, -0.1) is 0 Å². The van der Waals surface area contributed by atoms with Crippen LogP contribution in [0.4, 0.5) is 0 Å². The molecule has 0 aromatic carbocycles. The zero-order valence-corrected chi connectivity index (χ0v) is 9.25. The fourth-order valence-corrected chi connectivity index (χ4v) is 4.04. The van der Waals surface area contributed by atoms with E-state index in [-0.39, 0.29) is 0 Å². The quantitative estimate of drug-likeness (QED) is 0.618. The summed E-state index contributed by atoms with van der Waals surface area (Å²) in [4.78, 5) is 2.90. The van der Waals surface area contributed by atoms with Gasteiger partial charge in [-0.2, -0.15) is 0 Å². The maximum absolute atomic E-state index is 2.90. The molecule has 0 N–H and O–H groups in total. The lowest BCUT2D eigenvalue weighted by Crippen LogP contribution is -2.39. The molecule has 0 radical (unpaired) electrons. The van der Waals surface area contributed by atoms with E-state index in [1.165, 1.54) is 64.3 Å². The fourth-order valence-electron chi connectivity index (χ4n) is 4.04. The Morgan fingerprint density at radius 2 is 1.50 bits per heavy atom. The molecule has 3 rings (SSSR count). The van der Waals surface area contributed by atoms with Gasteiger partial charge in [0.2, 0.25) is 0 Å². The minimum Gasteiger partial charge on any atom is -0.297 e. The second-order valence-corrected chi connectivity index (χ2v) is 5.68. The average molecular weight is 193 g/mol. The molecule has 3 aliphatic rings. The zero-order valence-electron chi connectivity index (χ0n) is 9.25. The highest BCUT2D eigenvalue weighted by molar-refractivity contribution is 4.93. The monoisotopic (exact) mass is 193 g/mol. The molecule has 2 aliphatic carbocycles. The lowest BCUT2D eigenvalue weighted by atomic mass is 9.90. The third-order valence-corrected chi connectivity index (χ3v) is 4.74. The van der Waals surface area contributed by atoms with Crippen LogP contribution in [0.1, 0.15) is 57.8 Å². The van der Waals surface area contributed by atoms with Crippen LogP contribution in [0, 0.1) is 5.92 Å². The van der Waals surface area contributed by atoms with Crippen LogP contribution >= 0.6 is 0 Å². The van der Waals surface area contributed by atoms with Crippen molar-refractivity contribution in [1.29, 1.82) is 0 Å². The van der Waals surface area contributed by atoms with Gasteiger partial charge in [0.05, 0.1) is 0 Å².